The molecule has 39 heavy (non-hydrogen) atoms. The number of fused-ring (bicyclic) bond motifs is 2. The first-order chi connectivity index (χ1) is 19.1. The summed E-state index contributed by atoms with van der Waals surface area (Å²) in [6.07, 6.45) is 1.77. The second-order valence-corrected chi connectivity index (χ2v) is 12.7. The average molecular weight is 530 g/mol. The summed E-state index contributed by atoms with van der Waals surface area (Å²) in [6.45, 7) is 0. The quantitative estimate of drug-likeness (QED) is 0.315. The monoisotopic (exact) mass is 529 g/mol. The van der Waals surface area contributed by atoms with Gasteiger partial charge in [0, 0.05) is 22.6 Å². The molecule has 4 nitrogen and oxygen atoms in total. The zero-order valence-electron chi connectivity index (χ0n) is 21.6. The second kappa shape index (κ2) is 10.1. The Balaban J connectivity index is 1.83. The van der Waals surface area contributed by atoms with E-state index in [-0.39, 0.29) is 0 Å². The van der Waals surface area contributed by atoms with Crippen molar-refractivity contribution >= 4 is 46.3 Å². The van der Waals surface area contributed by atoms with E-state index >= 15 is 4.57 Å². The van der Waals surface area contributed by atoms with Crippen LogP contribution in [0.3, 0.4) is 0 Å². The summed E-state index contributed by atoms with van der Waals surface area (Å²) in [6, 6.07) is 41.5. The van der Waals surface area contributed by atoms with Gasteiger partial charge in [0.25, 0.3) is 0 Å². The fraction of sp³-hybridized carbons (Fsp3) is 0.0882. The lowest BCUT2D eigenvalue weighted by Gasteiger charge is -2.44. The van der Waals surface area contributed by atoms with Crippen LogP contribution in [-0.2, 0) is 9.30 Å². The van der Waals surface area contributed by atoms with Crippen LogP contribution in [0.5, 0.6) is 0 Å². The van der Waals surface area contributed by atoms with Crippen molar-refractivity contribution in [2.24, 2.45) is 0 Å². The van der Waals surface area contributed by atoms with Crippen LogP contribution in [0, 0.1) is 0 Å². The maximum atomic E-state index is 16.2. The summed E-state index contributed by atoms with van der Waals surface area (Å²) in [4.78, 5) is 13.3. The first-order valence-corrected chi connectivity index (χ1v) is 14.6. The van der Waals surface area contributed by atoms with Crippen LogP contribution in [0.4, 0.5) is 4.79 Å². The highest BCUT2D eigenvalue weighted by molar-refractivity contribution is 7.80. The van der Waals surface area contributed by atoms with Gasteiger partial charge in [-0.1, -0.05) is 133 Å². The van der Waals surface area contributed by atoms with E-state index in [4.69, 9.17) is 4.74 Å². The van der Waals surface area contributed by atoms with Crippen LogP contribution in [0.15, 0.2) is 127 Å². The Morgan fingerprint density at radius 2 is 1.33 bits per heavy atom. The number of rotatable bonds is 5. The molecule has 192 valence electrons. The molecular formula is C34H28NO3P. The zero-order chi connectivity index (χ0) is 26.9. The predicted molar refractivity (Wildman–Crippen MR) is 159 cm³/mol. The summed E-state index contributed by atoms with van der Waals surface area (Å²) in [5.74, 6) is 0. The van der Waals surface area contributed by atoms with Gasteiger partial charge in [0.2, 0.25) is 0 Å². The van der Waals surface area contributed by atoms with Crippen molar-refractivity contribution in [2.45, 2.75) is 11.7 Å². The van der Waals surface area contributed by atoms with E-state index in [1.54, 1.807) is 0 Å². The normalized spacial score (nSPS) is 16.7. The second-order valence-electron chi connectivity index (χ2n) is 9.65. The Morgan fingerprint density at radius 3 is 2.03 bits per heavy atom. The maximum absolute atomic E-state index is 16.2. The Kier molecular flexibility index (Phi) is 6.42. The molecule has 0 bridgehead atoms. The van der Waals surface area contributed by atoms with Crippen LogP contribution >= 0.6 is 7.14 Å². The van der Waals surface area contributed by atoms with Gasteiger partial charge in [-0.15, -0.1) is 0 Å². The summed E-state index contributed by atoms with van der Waals surface area (Å²) in [7, 11) is -2.29. The highest BCUT2D eigenvalue weighted by Gasteiger charge is 2.55. The van der Waals surface area contributed by atoms with Crippen molar-refractivity contribution in [1.82, 2.24) is 5.32 Å². The van der Waals surface area contributed by atoms with Crippen LogP contribution < -0.4 is 26.4 Å². The molecule has 0 saturated heterocycles. The van der Waals surface area contributed by atoms with Crippen molar-refractivity contribution in [3.8, 4) is 0 Å². The summed E-state index contributed by atoms with van der Waals surface area (Å²) >= 11 is 0. The first-order valence-electron chi connectivity index (χ1n) is 12.9. The van der Waals surface area contributed by atoms with E-state index in [0.717, 1.165) is 32.3 Å². The topological polar surface area (TPSA) is 55.4 Å². The van der Waals surface area contributed by atoms with Crippen molar-refractivity contribution in [3.63, 3.8) is 0 Å². The smallest absolute Gasteiger partial charge is 0.407 e. The highest BCUT2D eigenvalue weighted by Crippen LogP contribution is 2.62. The largest absolute Gasteiger partial charge is 0.453 e. The number of hydrogen-bond acceptors (Lipinski definition) is 3. The lowest BCUT2D eigenvalue weighted by molar-refractivity contribution is 0.167. The fourth-order valence-corrected chi connectivity index (χ4v) is 9.38. The van der Waals surface area contributed by atoms with E-state index in [0.29, 0.717) is 17.0 Å². The molecular weight excluding hydrogens is 501 g/mol. The Labute approximate surface area is 227 Å². The number of ether oxygens (including phenoxy) is 1. The van der Waals surface area contributed by atoms with Gasteiger partial charge in [-0.3, -0.25) is 0 Å². The van der Waals surface area contributed by atoms with E-state index in [9.17, 15) is 4.79 Å². The molecule has 1 unspecified atom stereocenters. The van der Waals surface area contributed by atoms with Crippen LogP contribution in [-0.4, -0.2) is 18.5 Å². The fourth-order valence-electron chi connectivity index (χ4n) is 5.86. The first kappa shape index (κ1) is 24.9. The average Bonchev–Trinajstić information content (AvgIpc) is 3.01. The molecule has 0 heterocycles. The molecule has 0 radical (unpaired) electrons. The molecule has 5 heteroatoms. The number of hydrogen-bond donors (Lipinski definition) is 1. The van der Waals surface area contributed by atoms with Crippen molar-refractivity contribution < 1.29 is 14.1 Å². The van der Waals surface area contributed by atoms with Crippen molar-refractivity contribution in [1.29, 1.82) is 0 Å². The Bertz CT molecular complexity index is 1800. The van der Waals surface area contributed by atoms with Gasteiger partial charge in [0.1, 0.15) is 5.28 Å². The Morgan fingerprint density at radius 1 is 0.744 bits per heavy atom. The standard InChI is InChI=1S/C34H28NO3P/c1-38-33(36)35-34(39(37,27-16-4-2-5-17-27)28-18-6-3-7-19-28)24-23-26-14-9-11-21-30(26)32(34)31-22-12-15-25-13-8-10-20-29(25)31/h2-23H,24H2,1H3,(H,35,36). The van der Waals surface area contributed by atoms with Gasteiger partial charge in [0.15, 0.2) is 7.14 Å². The van der Waals surface area contributed by atoms with E-state index in [2.05, 4.69) is 47.8 Å². The molecule has 5 aromatic carbocycles. The lowest BCUT2D eigenvalue weighted by Crippen LogP contribution is -2.57. The minimum absolute atomic E-state index is 0.318. The van der Waals surface area contributed by atoms with Crippen LogP contribution in [0.1, 0.15) is 12.0 Å². The third kappa shape index (κ3) is 4.00. The molecule has 6 rings (SSSR count). The number of carbonyl (C=O) groups excluding carboxylic acids is 1. The van der Waals surface area contributed by atoms with Gasteiger partial charge in [-0.05, 0) is 26.8 Å². The van der Waals surface area contributed by atoms with Gasteiger partial charge in [-0.2, -0.15) is 0 Å². The number of amides is 1. The van der Waals surface area contributed by atoms with Gasteiger partial charge < -0.3 is 14.6 Å². The molecule has 0 fully saturated rings. The minimum atomic E-state index is -3.63. The lowest BCUT2D eigenvalue weighted by atomic mass is 9.86. The van der Waals surface area contributed by atoms with Crippen molar-refractivity contribution in [3.05, 3.63) is 143 Å². The number of nitrogens with one attached hydrogen (secondary N) is 1. The molecule has 1 atom stereocenters. The number of carbonyl (C=O) groups is 1. The van der Waals surface area contributed by atoms with Gasteiger partial charge >= 0.3 is 6.09 Å². The molecule has 5 aromatic rings. The molecule has 1 amide bonds. The molecule has 0 spiro atoms. The third-order valence-corrected chi connectivity index (χ3v) is 11.2. The van der Waals surface area contributed by atoms with Crippen LogP contribution in [0.25, 0.3) is 22.4 Å². The van der Waals surface area contributed by atoms with Crippen molar-refractivity contribution in [2.75, 3.05) is 7.11 Å². The van der Waals surface area contributed by atoms with Gasteiger partial charge in [-0.25, -0.2) is 4.79 Å². The SMILES string of the molecule is COC(=O)NC1(P(=O)(c2ccccc2)c2ccccc2)CC=c2ccccc2=C1c1cccc2ccccc12. The summed E-state index contributed by atoms with van der Waals surface area (Å²) in [5, 5.41) is 7.24. The minimum Gasteiger partial charge on any atom is -0.453 e. The molecule has 0 aromatic heterocycles. The molecule has 1 aliphatic rings. The van der Waals surface area contributed by atoms with E-state index in [1.807, 2.05) is 91.0 Å². The predicted octanol–water partition coefficient (Wildman–Crippen LogP) is 5.29. The van der Waals surface area contributed by atoms with E-state index in [1.165, 1.54) is 7.11 Å². The van der Waals surface area contributed by atoms with Gasteiger partial charge in [0.05, 0.1) is 7.11 Å². The number of alkyl carbamates (subject to hydrolysis) is 1. The molecule has 0 aliphatic heterocycles. The number of methoxy groups -OCH3 is 1. The Hall–Kier alpha value is -4.40. The highest BCUT2D eigenvalue weighted by atomic mass is 31.2. The van der Waals surface area contributed by atoms with E-state index < -0.39 is 18.5 Å². The molecule has 0 saturated carbocycles. The maximum Gasteiger partial charge on any atom is 0.407 e. The van der Waals surface area contributed by atoms with Crippen LogP contribution in [0.2, 0.25) is 0 Å². The summed E-state index contributed by atoms with van der Waals surface area (Å²) < 4.78 is 21.4. The number of benzene rings is 5. The summed E-state index contributed by atoms with van der Waals surface area (Å²) in [5.41, 5.74) is 1.75. The molecule has 1 N–H and O–H groups in total. The third-order valence-electron chi connectivity index (χ3n) is 7.59. The molecule has 1 aliphatic carbocycles. The zero-order valence-corrected chi connectivity index (χ0v) is 22.5.